The molecule has 24 heavy (non-hydrogen) atoms. The highest BCUT2D eigenvalue weighted by Gasteiger charge is 2.19. The first-order chi connectivity index (χ1) is 11.7. The fourth-order valence-corrected chi connectivity index (χ4v) is 3.41. The number of fused-ring (bicyclic) bond motifs is 2. The number of aliphatic imine (C=N–C) groups is 1. The van der Waals surface area contributed by atoms with Crippen molar-refractivity contribution in [3.63, 3.8) is 0 Å². The maximum absolute atomic E-state index is 11.5. The molecular formula is C16H13N5O2S. The van der Waals surface area contributed by atoms with Gasteiger partial charge in [-0.3, -0.25) is 26.0 Å². The molecule has 1 aliphatic rings. The Balaban J connectivity index is 1.95. The van der Waals surface area contributed by atoms with Crippen molar-refractivity contribution in [3.05, 3.63) is 52.6 Å². The average molecular weight is 339 g/mol. The molecule has 1 aromatic heterocycles. The van der Waals surface area contributed by atoms with Gasteiger partial charge in [0.05, 0.1) is 28.2 Å². The van der Waals surface area contributed by atoms with Crippen molar-refractivity contribution in [1.29, 1.82) is 0 Å². The Hall–Kier alpha value is -2.87. The molecule has 0 aliphatic carbocycles. The number of hydrogen-bond donors (Lipinski definition) is 2. The molecule has 0 spiro atoms. The van der Waals surface area contributed by atoms with Crippen molar-refractivity contribution in [2.24, 2.45) is 4.99 Å². The van der Waals surface area contributed by atoms with Crippen molar-refractivity contribution >= 4 is 50.1 Å². The molecule has 4 rings (SSSR count). The van der Waals surface area contributed by atoms with Gasteiger partial charge in [0.15, 0.2) is 5.17 Å². The van der Waals surface area contributed by atoms with E-state index in [2.05, 4.69) is 20.8 Å². The molecule has 2 heterocycles. The van der Waals surface area contributed by atoms with Gasteiger partial charge < -0.3 is 0 Å². The Bertz CT molecular complexity index is 989. The predicted octanol–water partition coefficient (Wildman–Crippen LogP) is 3.32. The predicted molar refractivity (Wildman–Crippen MR) is 97.4 cm³/mol. The number of benzene rings is 2. The number of rotatable bonds is 3. The van der Waals surface area contributed by atoms with Crippen LogP contribution in [-0.2, 0) is 0 Å². The van der Waals surface area contributed by atoms with E-state index in [4.69, 9.17) is 0 Å². The smallest absolute Gasteiger partial charge is 0.280 e. The molecule has 8 heteroatoms. The van der Waals surface area contributed by atoms with Gasteiger partial charge >= 0.3 is 0 Å². The number of hydrazine groups is 1. The van der Waals surface area contributed by atoms with E-state index >= 15 is 0 Å². The van der Waals surface area contributed by atoms with Crippen LogP contribution in [0.5, 0.6) is 0 Å². The highest BCUT2D eigenvalue weighted by Crippen LogP contribution is 2.36. The Labute approximate surface area is 141 Å². The first kappa shape index (κ1) is 14.7. The summed E-state index contributed by atoms with van der Waals surface area (Å²) in [7, 11) is 0. The number of anilines is 1. The lowest BCUT2D eigenvalue weighted by Gasteiger charge is -2.14. The van der Waals surface area contributed by atoms with Gasteiger partial charge in [0.25, 0.3) is 5.69 Å². The van der Waals surface area contributed by atoms with Crippen LogP contribution in [0.1, 0.15) is 0 Å². The third-order valence-electron chi connectivity index (χ3n) is 3.76. The van der Waals surface area contributed by atoms with Crippen LogP contribution >= 0.6 is 11.8 Å². The molecule has 0 amide bonds. The van der Waals surface area contributed by atoms with Gasteiger partial charge in [0.1, 0.15) is 5.39 Å². The first-order valence-electron chi connectivity index (χ1n) is 7.39. The van der Waals surface area contributed by atoms with Gasteiger partial charge in [0.2, 0.25) is 0 Å². The monoisotopic (exact) mass is 339 g/mol. The zero-order valence-electron chi connectivity index (χ0n) is 12.5. The van der Waals surface area contributed by atoms with E-state index in [-0.39, 0.29) is 10.6 Å². The zero-order chi connectivity index (χ0) is 16.5. The van der Waals surface area contributed by atoms with Crippen molar-refractivity contribution < 1.29 is 4.92 Å². The van der Waals surface area contributed by atoms with Crippen LogP contribution in [0, 0.1) is 10.1 Å². The lowest BCUT2D eigenvalue weighted by molar-refractivity contribution is -0.383. The minimum Gasteiger partial charge on any atom is -0.298 e. The van der Waals surface area contributed by atoms with E-state index in [9.17, 15) is 10.1 Å². The number of pyridine rings is 1. The number of amidine groups is 1. The summed E-state index contributed by atoms with van der Waals surface area (Å²) in [5, 5.41) is 13.5. The fourth-order valence-electron chi connectivity index (χ4n) is 2.73. The fraction of sp³-hybridized carbons (Fsp3) is 0.125. The maximum Gasteiger partial charge on any atom is 0.280 e. The first-order valence-corrected chi connectivity index (χ1v) is 8.38. The molecule has 0 radical (unpaired) electrons. The van der Waals surface area contributed by atoms with Crippen molar-refractivity contribution in [2.45, 2.75) is 0 Å². The molecule has 2 N–H and O–H groups in total. The SMILES string of the molecule is O=[N+]([O-])c1cccc2nc3ccccc3c(NNC3=NCCS3)c12. The summed E-state index contributed by atoms with van der Waals surface area (Å²) < 4.78 is 0. The van der Waals surface area contributed by atoms with Gasteiger partial charge in [-0.25, -0.2) is 4.98 Å². The van der Waals surface area contributed by atoms with E-state index in [1.54, 1.807) is 23.9 Å². The maximum atomic E-state index is 11.5. The standard InChI is InChI=1S/C16H13N5O2S/c22-21(23)13-7-3-6-12-14(13)15(19-20-16-17-8-9-24-16)10-4-1-2-5-11(10)18-12/h1-7H,8-9H2,(H,17,20)(H,18,19). The van der Waals surface area contributed by atoms with Crippen LogP contribution in [-0.4, -0.2) is 27.4 Å². The van der Waals surface area contributed by atoms with Crippen LogP contribution in [0.3, 0.4) is 0 Å². The van der Waals surface area contributed by atoms with E-state index < -0.39 is 0 Å². The summed E-state index contributed by atoms with van der Waals surface area (Å²) in [6.45, 7) is 0.771. The van der Waals surface area contributed by atoms with Crippen molar-refractivity contribution in [1.82, 2.24) is 10.4 Å². The van der Waals surface area contributed by atoms with Crippen molar-refractivity contribution in [2.75, 3.05) is 17.7 Å². The minimum absolute atomic E-state index is 0.0241. The Morgan fingerprint density at radius 3 is 2.71 bits per heavy atom. The second-order valence-corrected chi connectivity index (χ2v) is 6.30. The van der Waals surface area contributed by atoms with Gasteiger partial charge in [0, 0.05) is 17.2 Å². The summed E-state index contributed by atoms with van der Waals surface area (Å²) in [4.78, 5) is 20.0. The number of para-hydroxylation sites is 1. The summed E-state index contributed by atoms with van der Waals surface area (Å²) in [6.07, 6.45) is 0. The molecule has 120 valence electrons. The van der Waals surface area contributed by atoms with Crippen LogP contribution in [0.25, 0.3) is 21.8 Å². The summed E-state index contributed by atoms with van der Waals surface area (Å²) in [5.74, 6) is 0.933. The lowest BCUT2D eigenvalue weighted by atomic mass is 10.1. The molecular weight excluding hydrogens is 326 g/mol. The second kappa shape index (κ2) is 5.97. The van der Waals surface area contributed by atoms with Crippen LogP contribution in [0.15, 0.2) is 47.5 Å². The van der Waals surface area contributed by atoms with Crippen LogP contribution in [0.2, 0.25) is 0 Å². The van der Waals surface area contributed by atoms with Gasteiger partial charge in [-0.15, -0.1) is 0 Å². The Morgan fingerprint density at radius 1 is 1.08 bits per heavy atom. The number of aromatic nitrogens is 1. The molecule has 0 unspecified atom stereocenters. The molecule has 1 aliphatic heterocycles. The number of nitro groups is 1. The number of nitro benzene ring substituents is 1. The van der Waals surface area contributed by atoms with E-state index in [1.807, 2.05) is 24.3 Å². The van der Waals surface area contributed by atoms with Crippen LogP contribution < -0.4 is 10.9 Å². The molecule has 7 nitrogen and oxygen atoms in total. The van der Waals surface area contributed by atoms with Gasteiger partial charge in [-0.1, -0.05) is 36.0 Å². The quantitative estimate of drug-likeness (QED) is 0.432. The largest absolute Gasteiger partial charge is 0.298 e. The van der Waals surface area contributed by atoms with E-state index in [0.717, 1.165) is 28.4 Å². The van der Waals surface area contributed by atoms with E-state index in [0.29, 0.717) is 16.6 Å². The third-order valence-corrected chi connectivity index (χ3v) is 4.65. The number of non-ortho nitro benzene ring substituents is 1. The number of nitrogens with one attached hydrogen (secondary N) is 2. The van der Waals surface area contributed by atoms with Gasteiger partial charge in [-0.05, 0) is 12.1 Å². The Kier molecular flexibility index (Phi) is 3.66. The van der Waals surface area contributed by atoms with Gasteiger partial charge in [-0.2, -0.15) is 0 Å². The second-order valence-electron chi connectivity index (χ2n) is 5.22. The summed E-state index contributed by atoms with van der Waals surface area (Å²) >= 11 is 1.61. The normalized spacial score (nSPS) is 13.9. The van der Waals surface area contributed by atoms with E-state index in [1.165, 1.54) is 6.07 Å². The number of thioether (sulfide) groups is 1. The zero-order valence-corrected chi connectivity index (χ0v) is 13.3. The lowest BCUT2D eigenvalue weighted by Crippen LogP contribution is -2.26. The highest BCUT2D eigenvalue weighted by atomic mass is 32.2. The van der Waals surface area contributed by atoms with Crippen LogP contribution in [0.4, 0.5) is 11.4 Å². The molecule has 3 aromatic rings. The topological polar surface area (TPSA) is 92.5 Å². The number of hydrogen-bond acceptors (Lipinski definition) is 7. The molecule has 0 atom stereocenters. The Morgan fingerprint density at radius 2 is 1.92 bits per heavy atom. The molecule has 0 fully saturated rings. The average Bonchev–Trinajstić information content (AvgIpc) is 3.11. The molecule has 0 saturated heterocycles. The number of nitrogens with zero attached hydrogens (tertiary/aromatic N) is 3. The molecule has 0 bridgehead atoms. The van der Waals surface area contributed by atoms with Crippen molar-refractivity contribution in [3.8, 4) is 0 Å². The summed E-state index contributed by atoms with van der Waals surface area (Å²) in [6, 6.07) is 12.5. The molecule has 2 aromatic carbocycles. The summed E-state index contributed by atoms with van der Waals surface area (Å²) in [5.41, 5.74) is 8.19. The third kappa shape index (κ3) is 2.50. The molecule has 0 saturated carbocycles. The minimum atomic E-state index is -0.383. The highest BCUT2D eigenvalue weighted by molar-refractivity contribution is 8.14.